The Morgan fingerprint density at radius 1 is 1.30 bits per heavy atom. The average Bonchev–Trinajstić information content (AvgIpc) is 2.99. The summed E-state index contributed by atoms with van der Waals surface area (Å²) < 4.78 is 11.0. The van der Waals surface area contributed by atoms with Crippen LogP contribution in [0.3, 0.4) is 0 Å². The highest BCUT2D eigenvalue weighted by Gasteiger charge is 2.06. The van der Waals surface area contributed by atoms with Gasteiger partial charge in [0.15, 0.2) is 0 Å². The molecule has 1 heterocycles. The van der Waals surface area contributed by atoms with Crippen LogP contribution in [0.5, 0.6) is 5.75 Å². The van der Waals surface area contributed by atoms with Gasteiger partial charge in [0.05, 0.1) is 24.4 Å². The molecule has 1 aromatic carbocycles. The van der Waals surface area contributed by atoms with E-state index in [4.69, 9.17) is 14.4 Å². The number of ether oxygens (including phenoxy) is 1. The number of furan rings is 1. The third kappa shape index (κ3) is 4.15. The van der Waals surface area contributed by atoms with Gasteiger partial charge in [0, 0.05) is 6.54 Å². The van der Waals surface area contributed by atoms with E-state index in [1.165, 1.54) is 0 Å². The van der Waals surface area contributed by atoms with Crippen molar-refractivity contribution in [3.8, 4) is 11.8 Å². The standard InChI is InChI=1S/C16H18N2O2/c1-2-18(13-16-7-4-9-19-16)8-10-20-15-6-3-5-14(11-15)12-17/h3-7,9,11H,2,8,10,13H2,1H3. The van der Waals surface area contributed by atoms with Crippen LogP contribution in [0, 0.1) is 11.3 Å². The second kappa shape index (κ2) is 7.37. The van der Waals surface area contributed by atoms with Gasteiger partial charge in [0.2, 0.25) is 0 Å². The van der Waals surface area contributed by atoms with Crippen molar-refractivity contribution in [1.82, 2.24) is 4.90 Å². The molecule has 2 aromatic rings. The van der Waals surface area contributed by atoms with E-state index >= 15 is 0 Å². The maximum Gasteiger partial charge on any atom is 0.120 e. The van der Waals surface area contributed by atoms with Crippen LogP contribution in [-0.2, 0) is 6.54 Å². The van der Waals surface area contributed by atoms with Gasteiger partial charge in [-0.05, 0) is 36.9 Å². The van der Waals surface area contributed by atoms with Crippen molar-refractivity contribution in [1.29, 1.82) is 5.26 Å². The van der Waals surface area contributed by atoms with Gasteiger partial charge >= 0.3 is 0 Å². The van der Waals surface area contributed by atoms with Crippen molar-refractivity contribution in [2.24, 2.45) is 0 Å². The summed E-state index contributed by atoms with van der Waals surface area (Å²) >= 11 is 0. The zero-order valence-electron chi connectivity index (χ0n) is 11.6. The summed E-state index contributed by atoms with van der Waals surface area (Å²) in [5, 5.41) is 8.83. The number of likely N-dealkylation sites (N-methyl/N-ethyl adjacent to an activating group) is 1. The van der Waals surface area contributed by atoms with Gasteiger partial charge in [-0.15, -0.1) is 0 Å². The van der Waals surface area contributed by atoms with Crippen LogP contribution < -0.4 is 4.74 Å². The van der Waals surface area contributed by atoms with Gasteiger partial charge in [-0.2, -0.15) is 5.26 Å². The molecule has 0 radical (unpaired) electrons. The summed E-state index contributed by atoms with van der Waals surface area (Å²) in [5.74, 6) is 1.69. The third-order valence-corrected chi connectivity index (χ3v) is 3.05. The topological polar surface area (TPSA) is 49.4 Å². The predicted molar refractivity (Wildman–Crippen MR) is 76.3 cm³/mol. The minimum atomic E-state index is 0.587. The number of nitrogens with zero attached hydrogens (tertiary/aromatic N) is 2. The first-order valence-corrected chi connectivity index (χ1v) is 6.69. The minimum absolute atomic E-state index is 0.587. The fourth-order valence-corrected chi connectivity index (χ4v) is 1.92. The summed E-state index contributed by atoms with van der Waals surface area (Å²) in [6.07, 6.45) is 1.69. The molecule has 0 amide bonds. The van der Waals surface area contributed by atoms with Gasteiger partial charge < -0.3 is 9.15 Å². The number of benzene rings is 1. The molecule has 20 heavy (non-hydrogen) atoms. The molecule has 0 aliphatic rings. The van der Waals surface area contributed by atoms with Crippen molar-refractivity contribution < 1.29 is 9.15 Å². The quantitative estimate of drug-likeness (QED) is 0.776. The van der Waals surface area contributed by atoms with Crippen LogP contribution in [0.4, 0.5) is 0 Å². The van der Waals surface area contributed by atoms with E-state index < -0.39 is 0 Å². The van der Waals surface area contributed by atoms with E-state index in [9.17, 15) is 0 Å². The molecule has 1 aromatic heterocycles. The van der Waals surface area contributed by atoms with Crippen LogP contribution in [0.1, 0.15) is 18.2 Å². The molecule has 0 spiro atoms. The smallest absolute Gasteiger partial charge is 0.120 e. The van der Waals surface area contributed by atoms with Gasteiger partial charge in [0.1, 0.15) is 18.1 Å². The summed E-state index contributed by atoms with van der Waals surface area (Å²) in [5.41, 5.74) is 0.616. The summed E-state index contributed by atoms with van der Waals surface area (Å²) in [6, 6.07) is 13.2. The molecule has 0 saturated carbocycles. The summed E-state index contributed by atoms with van der Waals surface area (Å²) in [6.45, 7) is 5.23. The summed E-state index contributed by atoms with van der Waals surface area (Å²) in [7, 11) is 0. The third-order valence-electron chi connectivity index (χ3n) is 3.05. The zero-order chi connectivity index (χ0) is 14.2. The second-order valence-corrected chi connectivity index (χ2v) is 4.44. The molecule has 0 atom stereocenters. The highest BCUT2D eigenvalue weighted by atomic mass is 16.5. The second-order valence-electron chi connectivity index (χ2n) is 4.44. The van der Waals surface area contributed by atoms with Gasteiger partial charge in [-0.25, -0.2) is 0 Å². The lowest BCUT2D eigenvalue weighted by Crippen LogP contribution is -2.27. The van der Waals surface area contributed by atoms with E-state index in [2.05, 4.69) is 17.9 Å². The maximum atomic E-state index is 8.83. The number of hydrogen-bond donors (Lipinski definition) is 0. The highest BCUT2D eigenvalue weighted by Crippen LogP contribution is 2.12. The first-order chi connectivity index (χ1) is 9.81. The number of hydrogen-bond acceptors (Lipinski definition) is 4. The first-order valence-electron chi connectivity index (χ1n) is 6.69. The number of rotatable bonds is 7. The van der Waals surface area contributed by atoms with E-state index in [1.807, 2.05) is 24.3 Å². The van der Waals surface area contributed by atoms with Crippen LogP contribution >= 0.6 is 0 Å². The molecule has 2 rings (SSSR count). The molecule has 0 fully saturated rings. The molecule has 0 aliphatic heterocycles. The lowest BCUT2D eigenvalue weighted by atomic mass is 10.2. The van der Waals surface area contributed by atoms with Crippen LogP contribution in [0.15, 0.2) is 47.1 Å². The lowest BCUT2D eigenvalue weighted by molar-refractivity contribution is 0.199. The Balaban J connectivity index is 1.80. The average molecular weight is 270 g/mol. The fraction of sp³-hybridized carbons (Fsp3) is 0.312. The lowest BCUT2D eigenvalue weighted by Gasteiger charge is -2.19. The Hall–Kier alpha value is -2.25. The van der Waals surface area contributed by atoms with Crippen molar-refractivity contribution in [2.75, 3.05) is 19.7 Å². The normalized spacial score (nSPS) is 10.4. The molecule has 104 valence electrons. The molecule has 0 bridgehead atoms. The van der Waals surface area contributed by atoms with E-state index in [0.717, 1.165) is 31.1 Å². The summed E-state index contributed by atoms with van der Waals surface area (Å²) in [4.78, 5) is 2.24. The van der Waals surface area contributed by atoms with Crippen LogP contribution in [-0.4, -0.2) is 24.6 Å². The molecule has 0 saturated heterocycles. The molecule has 0 N–H and O–H groups in total. The molecule has 4 nitrogen and oxygen atoms in total. The SMILES string of the molecule is CCN(CCOc1cccc(C#N)c1)Cc1ccco1. The van der Waals surface area contributed by atoms with Crippen LogP contribution in [0.2, 0.25) is 0 Å². The Morgan fingerprint density at radius 3 is 2.90 bits per heavy atom. The molecule has 4 heteroatoms. The van der Waals surface area contributed by atoms with Crippen molar-refractivity contribution in [3.05, 3.63) is 54.0 Å². The Labute approximate surface area is 119 Å². The largest absolute Gasteiger partial charge is 0.492 e. The van der Waals surface area contributed by atoms with Crippen molar-refractivity contribution in [2.45, 2.75) is 13.5 Å². The van der Waals surface area contributed by atoms with Crippen molar-refractivity contribution >= 4 is 0 Å². The Kier molecular flexibility index (Phi) is 5.22. The van der Waals surface area contributed by atoms with E-state index in [0.29, 0.717) is 12.2 Å². The Morgan fingerprint density at radius 2 is 2.20 bits per heavy atom. The zero-order valence-corrected chi connectivity index (χ0v) is 11.6. The monoisotopic (exact) mass is 270 g/mol. The molecule has 0 aliphatic carbocycles. The van der Waals surface area contributed by atoms with Crippen molar-refractivity contribution in [3.63, 3.8) is 0 Å². The molecular weight excluding hydrogens is 252 g/mol. The number of nitriles is 1. The van der Waals surface area contributed by atoms with Gasteiger partial charge in [0.25, 0.3) is 0 Å². The van der Waals surface area contributed by atoms with E-state index in [1.54, 1.807) is 18.4 Å². The fourth-order valence-electron chi connectivity index (χ4n) is 1.92. The highest BCUT2D eigenvalue weighted by molar-refractivity contribution is 5.36. The van der Waals surface area contributed by atoms with Gasteiger partial charge in [-0.1, -0.05) is 13.0 Å². The minimum Gasteiger partial charge on any atom is -0.492 e. The predicted octanol–water partition coefficient (Wildman–Crippen LogP) is 3.05. The van der Waals surface area contributed by atoms with E-state index in [-0.39, 0.29) is 0 Å². The van der Waals surface area contributed by atoms with Crippen LogP contribution in [0.25, 0.3) is 0 Å². The first kappa shape index (κ1) is 14.2. The van der Waals surface area contributed by atoms with Gasteiger partial charge in [-0.3, -0.25) is 4.90 Å². The maximum absolute atomic E-state index is 8.83. The Bertz CT molecular complexity index is 558. The molecule has 0 unspecified atom stereocenters. The molecular formula is C16H18N2O2.